The molecule has 0 aromatic heterocycles. The van der Waals surface area contributed by atoms with Gasteiger partial charge in [0.1, 0.15) is 0 Å². The predicted molar refractivity (Wildman–Crippen MR) is 27.0 cm³/mol. The number of ketones is 1. The Morgan fingerprint density at radius 1 is 1.56 bits per heavy atom. The van der Waals surface area contributed by atoms with E-state index in [0.29, 0.717) is 0 Å². The van der Waals surface area contributed by atoms with Gasteiger partial charge in [0.15, 0.2) is 0 Å². The van der Waals surface area contributed by atoms with Gasteiger partial charge in [0.05, 0.1) is 13.5 Å². The van der Waals surface area contributed by atoms with Gasteiger partial charge in [-0.25, -0.2) is 0 Å². The van der Waals surface area contributed by atoms with E-state index in [0.717, 1.165) is 0 Å². The molecule has 9 heavy (non-hydrogen) atoms. The summed E-state index contributed by atoms with van der Waals surface area (Å²) >= 11 is 0. The van der Waals surface area contributed by atoms with E-state index in [4.69, 9.17) is 0 Å². The summed E-state index contributed by atoms with van der Waals surface area (Å²) < 4.78 is 4.16. The van der Waals surface area contributed by atoms with Crippen LogP contribution in [-0.2, 0) is 14.3 Å². The molecule has 46 valence electrons. The monoisotopic (exact) mass is 138 g/mol. The summed E-state index contributed by atoms with van der Waals surface area (Å²) in [6.07, 6.45) is -0.226. The maximum absolute atomic E-state index is 10.1. The molecule has 3 nitrogen and oxygen atoms in total. The van der Waals surface area contributed by atoms with Crippen molar-refractivity contribution < 1.29 is 43.9 Å². The van der Waals surface area contributed by atoms with Crippen molar-refractivity contribution in [2.75, 3.05) is 7.11 Å². The summed E-state index contributed by atoms with van der Waals surface area (Å²) in [5.74, 6) is -0.957. The van der Waals surface area contributed by atoms with Crippen molar-refractivity contribution in [3.8, 4) is 0 Å². The van der Waals surface area contributed by atoms with Gasteiger partial charge < -0.3 is 16.5 Å². The molecule has 0 rings (SSSR count). The molecule has 0 aromatic carbocycles. The SMILES string of the molecule is [CH2-]C(=O)CC(=O)OC.[Na+]. The van der Waals surface area contributed by atoms with E-state index in [1.807, 2.05) is 0 Å². The quantitative estimate of drug-likeness (QED) is 0.176. The molecule has 0 aliphatic carbocycles. The minimum absolute atomic E-state index is 0. The molecule has 0 spiro atoms. The van der Waals surface area contributed by atoms with E-state index in [1.54, 1.807) is 0 Å². The Balaban J connectivity index is 0. The number of Topliss-reactive ketones (excluding diaryl/α,β-unsaturated/α-hetero) is 1. The van der Waals surface area contributed by atoms with Crippen LogP contribution < -0.4 is 29.6 Å². The van der Waals surface area contributed by atoms with E-state index in [1.165, 1.54) is 7.11 Å². The molecule has 0 saturated carbocycles. The number of hydrogen-bond donors (Lipinski definition) is 0. The van der Waals surface area contributed by atoms with Gasteiger partial charge in [0, 0.05) is 5.78 Å². The minimum atomic E-state index is -0.537. The van der Waals surface area contributed by atoms with Crippen LogP contribution in [0.2, 0.25) is 0 Å². The van der Waals surface area contributed by atoms with Crippen molar-refractivity contribution in [3.63, 3.8) is 0 Å². The zero-order valence-electron chi connectivity index (χ0n) is 5.64. The molecule has 0 amide bonds. The van der Waals surface area contributed by atoms with Crippen molar-refractivity contribution in [1.29, 1.82) is 0 Å². The number of ether oxygens (including phenoxy) is 1. The molecule has 0 bridgehead atoms. The van der Waals surface area contributed by atoms with Crippen molar-refractivity contribution in [1.82, 2.24) is 0 Å². The van der Waals surface area contributed by atoms with Crippen LogP contribution in [-0.4, -0.2) is 18.9 Å². The summed E-state index contributed by atoms with van der Waals surface area (Å²) in [6, 6.07) is 0. The first-order valence-electron chi connectivity index (χ1n) is 2.08. The first-order valence-corrected chi connectivity index (χ1v) is 2.08. The van der Waals surface area contributed by atoms with Gasteiger partial charge in [-0.2, -0.15) is 0 Å². The van der Waals surface area contributed by atoms with Crippen LogP contribution in [0, 0.1) is 6.92 Å². The van der Waals surface area contributed by atoms with E-state index >= 15 is 0 Å². The molecule has 0 atom stereocenters. The third kappa shape index (κ3) is 8.01. The molecule has 0 radical (unpaired) electrons. The number of methoxy groups -OCH3 is 1. The molecule has 0 unspecified atom stereocenters. The van der Waals surface area contributed by atoms with Gasteiger partial charge in [-0.3, -0.25) is 4.79 Å². The Kier molecular flexibility index (Phi) is 8.02. The Morgan fingerprint density at radius 3 is 2.11 bits per heavy atom. The number of hydrogen-bond acceptors (Lipinski definition) is 3. The molecule has 0 aliphatic heterocycles. The second-order valence-electron chi connectivity index (χ2n) is 1.29. The fraction of sp³-hybridized carbons (Fsp3) is 0.400. The second-order valence-corrected chi connectivity index (χ2v) is 1.29. The van der Waals surface area contributed by atoms with Crippen molar-refractivity contribution in [3.05, 3.63) is 6.92 Å². The van der Waals surface area contributed by atoms with Gasteiger partial charge >= 0.3 is 35.5 Å². The zero-order chi connectivity index (χ0) is 6.57. The molecular formula is C5H7NaO3. The van der Waals surface area contributed by atoms with Crippen LogP contribution >= 0.6 is 0 Å². The largest absolute Gasteiger partial charge is 1.00 e. The molecule has 4 heteroatoms. The normalized spacial score (nSPS) is 7.22. The minimum Gasteiger partial charge on any atom is -0.469 e. The van der Waals surface area contributed by atoms with Crippen LogP contribution in [0.15, 0.2) is 0 Å². The number of carbonyl (C=O) groups is 2. The zero-order valence-corrected chi connectivity index (χ0v) is 7.64. The average molecular weight is 138 g/mol. The van der Waals surface area contributed by atoms with E-state index in [9.17, 15) is 9.59 Å². The standard InChI is InChI=1S/C5H7O3.Na/c1-4(6)3-5(7)8-2;/h1,3H2,2H3;/q-1;+1. The summed E-state index contributed by atoms with van der Waals surface area (Å²) in [6.45, 7) is 2.99. The Labute approximate surface area is 76.0 Å². The summed E-state index contributed by atoms with van der Waals surface area (Å²) in [5, 5.41) is 0. The molecular weight excluding hydrogens is 131 g/mol. The summed E-state index contributed by atoms with van der Waals surface area (Å²) in [7, 11) is 1.23. The van der Waals surface area contributed by atoms with Crippen molar-refractivity contribution in [2.24, 2.45) is 0 Å². The first-order chi connectivity index (χ1) is 3.66. The van der Waals surface area contributed by atoms with Crippen LogP contribution in [0.1, 0.15) is 6.42 Å². The molecule has 0 saturated heterocycles. The van der Waals surface area contributed by atoms with Crippen LogP contribution in [0.25, 0.3) is 0 Å². The van der Waals surface area contributed by atoms with Crippen molar-refractivity contribution >= 4 is 11.8 Å². The van der Waals surface area contributed by atoms with Gasteiger partial charge in [-0.05, 0) is 0 Å². The molecule has 0 fully saturated rings. The third-order valence-electron chi connectivity index (χ3n) is 0.569. The maximum Gasteiger partial charge on any atom is 1.00 e. The number of rotatable bonds is 2. The fourth-order valence-corrected chi connectivity index (χ4v) is 0.233. The second kappa shape index (κ2) is 6.13. The van der Waals surface area contributed by atoms with Gasteiger partial charge in [-0.15, -0.1) is 0 Å². The van der Waals surface area contributed by atoms with Crippen molar-refractivity contribution in [2.45, 2.75) is 6.42 Å². The topological polar surface area (TPSA) is 43.4 Å². The molecule has 0 aliphatic rings. The van der Waals surface area contributed by atoms with Crippen LogP contribution in [0.3, 0.4) is 0 Å². The van der Waals surface area contributed by atoms with Crippen LogP contribution in [0.4, 0.5) is 0 Å². The van der Waals surface area contributed by atoms with E-state index in [2.05, 4.69) is 11.7 Å². The Hall–Kier alpha value is 0.0100. The van der Waals surface area contributed by atoms with Gasteiger partial charge in [0.25, 0.3) is 0 Å². The first kappa shape index (κ1) is 11.8. The molecule has 0 aromatic rings. The van der Waals surface area contributed by atoms with E-state index < -0.39 is 11.8 Å². The van der Waals surface area contributed by atoms with E-state index in [-0.39, 0.29) is 36.0 Å². The third-order valence-corrected chi connectivity index (χ3v) is 0.569. The van der Waals surface area contributed by atoms with Gasteiger partial charge in [-0.1, -0.05) is 0 Å². The molecule has 0 heterocycles. The van der Waals surface area contributed by atoms with Crippen LogP contribution in [0.5, 0.6) is 0 Å². The smallest absolute Gasteiger partial charge is 0.469 e. The predicted octanol–water partition coefficient (Wildman–Crippen LogP) is -3.04. The number of esters is 1. The number of carbonyl (C=O) groups excluding carboxylic acids is 2. The average Bonchev–Trinajstić information content (AvgIpc) is 1.65. The summed E-state index contributed by atoms with van der Waals surface area (Å²) in [5.41, 5.74) is 0. The Morgan fingerprint density at radius 2 is 2.00 bits per heavy atom. The summed E-state index contributed by atoms with van der Waals surface area (Å²) in [4.78, 5) is 20.1. The maximum atomic E-state index is 10.1. The molecule has 0 N–H and O–H groups in total. The van der Waals surface area contributed by atoms with Gasteiger partial charge in [0.2, 0.25) is 0 Å². The fourth-order valence-electron chi connectivity index (χ4n) is 0.233. The Bertz CT molecular complexity index is 111.